The van der Waals surface area contributed by atoms with Crippen LogP contribution in [0.15, 0.2) is 42.5 Å². The van der Waals surface area contributed by atoms with Crippen LogP contribution in [-0.2, 0) is 6.42 Å². The first-order valence-corrected chi connectivity index (χ1v) is 5.84. The molecule has 0 saturated carbocycles. The summed E-state index contributed by atoms with van der Waals surface area (Å²) in [7, 11) is 0. The second-order valence-electron chi connectivity index (χ2n) is 4.28. The number of nitro benzene ring substituents is 1. The number of aliphatic hydroxyl groups excluding tert-OH is 1. The molecule has 0 amide bonds. The average Bonchev–Trinajstić information content (AvgIpc) is 2.42. The van der Waals surface area contributed by atoms with Crippen molar-refractivity contribution < 1.29 is 18.8 Å². The van der Waals surface area contributed by atoms with E-state index in [1.807, 2.05) is 0 Å². The van der Waals surface area contributed by atoms with Crippen LogP contribution in [0.25, 0.3) is 0 Å². The Morgan fingerprint density at radius 2 is 1.85 bits per heavy atom. The van der Waals surface area contributed by atoms with Crippen molar-refractivity contribution in [1.82, 2.24) is 0 Å². The van der Waals surface area contributed by atoms with E-state index in [2.05, 4.69) is 0 Å². The lowest BCUT2D eigenvalue weighted by Crippen LogP contribution is -2.05. The van der Waals surface area contributed by atoms with Gasteiger partial charge in [-0.3, -0.25) is 10.1 Å². The molecule has 0 spiro atoms. The van der Waals surface area contributed by atoms with Crippen LogP contribution >= 0.6 is 0 Å². The molecule has 1 unspecified atom stereocenters. The smallest absolute Gasteiger partial charge is 0.272 e. The number of halogens is 2. The maximum Gasteiger partial charge on any atom is 0.272 e. The molecule has 0 saturated heterocycles. The molecule has 0 aliphatic heterocycles. The molecular formula is C14H11F2NO3. The van der Waals surface area contributed by atoms with Crippen LogP contribution in [0.2, 0.25) is 0 Å². The number of rotatable bonds is 4. The molecule has 2 aromatic carbocycles. The van der Waals surface area contributed by atoms with Gasteiger partial charge in [-0.1, -0.05) is 24.3 Å². The zero-order valence-corrected chi connectivity index (χ0v) is 10.3. The van der Waals surface area contributed by atoms with E-state index >= 15 is 0 Å². The fourth-order valence-electron chi connectivity index (χ4n) is 1.91. The van der Waals surface area contributed by atoms with Crippen LogP contribution in [0, 0.1) is 21.7 Å². The van der Waals surface area contributed by atoms with Crippen LogP contribution in [0.4, 0.5) is 14.5 Å². The summed E-state index contributed by atoms with van der Waals surface area (Å²) in [6.07, 6.45) is -1.20. The third kappa shape index (κ3) is 2.97. The molecule has 0 heterocycles. The third-order valence-electron chi connectivity index (χ3n) is 2.93. The Labute approximate surface area is 113 Å². The Hall–Kier alpha value is -2.34. The van der Waals surface area contributed by atoms with Crippen molar-refractivity contribution in [2.75, 3.05) is 0 Å². The minimum atomic E-state index is -1.15. The SMILES string of the molecule is O=[N+]([O-])c1ccccc1CC(O)c1ccc(F)c(F)c1. The molecule has 0 radical (unpaired) electrons. The van der Waals surface area contributed by atoms with E-state index in [1.165, 1.54) is 24.3 Å². The second-order valence-corrected chi connectivity index (χ2v) is 4.28. The Morgan fingerprint density at radius 1 is 1.15 bits per heavy atom. The van der Waals surface area contributed by atoms with Gasteiger partial charge in [0.1, 0.15) is 0 Å². The highest BCUT2D eigenvalue weighted by Gasteiger charge is 2.18. The van der Waals surface area contributed by atoms with Gasteiger partial charge in [-0.2, -0.15) is 0 Å². The summed E-state index contributed by atoms with van der Waals surface area (Å²) in [6, 6.07) is 9.01. The summed E-state index contributed by atoms with van der Waals surface area (Å²) in [5.74, 6) is -2.07. The average molecular weight is 279 g/mol. The molecule has 2 aromatic rings. The van der Waals surface area contributed by atoms with Crippen LogP contribution in [0.1, 0.15) is 17.2 Å². The van der Waals surface area contributed by atoms with Gasteiger partial charge in [0, 0.05) is 18.1 Å². The van der Waals surface area contributed by atoms with E-state index in [0.29, 0.717) is 5.56 Å². The van der Waals surface area contributed by atoms with Crippen molar-refractivity contribution in [1.29, 1.82) is 0 Å². The number of benzene rings is 2. The molecule has 104 valence electrons. The molecule has 0 fully saturated rings. The van der Waals surface area contributed by atoms with Crippen LogP contribution in [0.3, 0.4) is 0 Å². The summed E-state index contributed by atoms with van der Waals surface area (Å²) in [6.45, 7) is 0. The summed E-state index contributed by atoms with van der Waals surface area (Å²) < 4.78 is 25.9. The Bertz CT molecular complexity index is 646. The third-order valence-corrected chi connectivity index (χ3v) is 2.93. The minimum absolute atomic E-state index is 0.0533. The van der Waals surface area contributed by atoms with Crippen LogP contribution in [0.5, 0.6) is 0 Å². The summed E-state index contributed by atoms with van der Waals surface area (Å²) in [4.78, 5) is 10.3. The lowest BCUT2D eigenvalue weighted by atomic mass is 10.00. The highest BCUT2D eigenvalue weighted by atomic mass is 19.2. The van der Waals surface area contributed by atoms with Crippen molar-refractivity contribution in [3.8, 4) is 0 Å². The second kappa shape index (κ2) is 5.75. The van der Waals surface area contributed by atoms with Gasteiger partial charge >= 0.3 is 0 Å². The lowest BCUT2D eigenvalue weighted by Gasteiger charge is -2.11. The van der Waals surface area contributed by atoms with Gasteiger partial charge in [-0.25, -0.2) is 8.78 Å². The molecule has 0 bridgehead atoms. The highest BCUT2D eigenvalue weighted by Crippen LogP contribution is 2.25. The molecule has 0 aliphatic rings. The number of para-hydroxylation sites is 1. The van der Waals surface area contributed by atoms with Crippen molar-refractivity contribution >= 4 is 5.69 Å². The number of aliphatic hydroxyl groups is 1. The quantitative estimate of drug-likeness (QED) is 0.690. The van der Waals surface area contributed by atoms with E-state index in [0.717, 1.165) is 12.1 Å². The van der Waals surface area contributed by atoms with E-state index in [1.54, 1.807) is 6.07 Å². The predicted molar refractivity (Wildman–Crippen MR) is 68.1 cm³/mol. The molecular weight excluding hydrogens is 268 g/mol. The topological polar surface area (TPSA) is 63.4 Å². The zero-order chi connectivity index (χ0) is 14.7. The van der Waals surface area contributed by atoms with Gasteiger partial charge in [-0.05, 0) is 17.7 Å². The van der Waals surface area contributed by atoms with Gasteiger partial charge in [0.05, 0.1) is 11.0 Å². The standard InChI is InChI=1S/C14H11F2NO3/c15-11-6-5-10(7-12(11)16)14(18)8-9-3-1-2-4-13(9)17(19)20/h1-7,14,18H,8H2. The van der Waals surface area contributed by atoms with Gasteiger partial charge in [0.25, 0.3) is 5.69 Å². The fourth-order valence-corrected chi connectivity index (χ4v) is 1.91. The summed E-state index contributed by atoms with van der Waals surface area (Å²) >= 11 is 0. The van der Waals surface area contributed by atoms with Crippen molar-refractivity contribution in [2.45, 2.75) is 12.5 Å². The highest BCUT2D eigenvalue weighted by molar-refractivity contribution is 5.40. The van der Waals surface area contributed by atoms with E-state index < -0.39 is 22.7 Å². The first kappa shape index (κ1) is 14.1. The minimum Gasteiger partial charge on any atom is -0.388 e. The molecule has 20 heavy (non-hydrogen) atoms. The molecule has 0 aromatic heterocycles. The van der Waals surface area contributed by atoms with Gasteiger partial charge in [-0.15, -0.1) is 0 Å². The van der Waals surface area contributed by atoms with Crippen LogP contribution < -0.4 is 0 Å². The number of hydrogen-bond acceptors (Lipinski definition) is 3. The number of nitrogens with zero attached hydrogens (tertiary/aromatic N) is 1. The molecule has 2 rings (SSSR count). The molecule has 1 N–H and O–H groups in total. The Morgan fingerprint density at radius 3 is 2.50 bits per heavy atom. The van der Waals surface area contributed by atoms with Crippen molar-refractivity contribution in [2.24, 2.45) is 0 Å². The molecule has 6 heteroatoms. The largest absolute Gasteiger partial charge is 0.388 e. The summed E-state index contributed by atoms with van der Waals surface area (Å²) in [5, 5.41) is 20.8. The van der Waals surface area contributed by atoms with Crippen LogP contribution in [-0.4, -0.2) is 10.0 Å². The van der Waals surface area contributed by atoms with Gasteiger partial charge in [0.2, 0.25) is 0 Å². The first-order chi connectivity index (χ1) is 9.49. The van der Waals surface area contributed by atoms with Gasteiger partial charge < -0.3 is 5.11 Å². The normalized spacial score (nSPS) is 12.2. The maximum atomic E-state index is 13.1. The monoisotopic (exact) mass is 279 g/mol. The van der Waals surface area contributed by atoms with E-state index in [4.69, 9.17) is 0 Å². The Kier molecular flexibility index (Phi) is 4.05. The summed E-state index contributed by atoms with van der Waals surface area (Å²) in [5.41, 5.74) is 0.380. The molecule has 0 aliphatic carbocycles. The van der Waals surface area contributed by atoms with Crippen molar-refractivity contribution in [3.05, 3.63) is 75.3 Å². The molecule has 4 nitrogen and oxygen atoms in total. The molecule has 1 atom stereocenters. The fraction of sp³-hybridized carbons (Fsp3) is 0.143. The Balaban J connectivity index is 2.25. The maximum absolute atomic E-state index is 13.1. The van der Waals surface area contributed by atoms with E-state index in [9.17, 15) is 24.0 Å². The predicted octanol–water partition coefficient (Wildman–Crippen LogP) is 3.15. The number of nitro groups is 1. The van der Waals surface area contributed by atoms with Crippen molar-refractivity contribution in [3.63, 3.8) is 0 Å². The zero-order valence-electron chi connectivity index (χ0n) is 10.3. The number of hydrogen-bond donors (Lipinski definition) is 1. The van der Waals surface area contributed by atoms with E-state index in [-0.39, 0.29) is 17.7 Å². The first-order valence-electron chi connectivity index (χ1n) is 5.84. The lowest BCUT2D eigenvalue weighted by molar-refractivity contribution is -0.385. The van der Waals surface area contributed by atoms with Gasteiger partial charge in [0.15, 0.2) is 11.6 Å².